The van der Waals surface area contributed by atoms with Crippen LogP contribution in [0.5, 0.6) is 0 Å². The Kier molecular flexibility index (Phi) is 3.07. The molecule has 0 aliphatic heterocycles. The highest BCUT2D eigenvalue weighted by molar-refractivity contribution is 5.88. The Morgan fingerprint density at radius 3 is 2.70 bits per heavy atom. The van der Waals surface area contributed by atoms with Gasteiger partial charge in [0.2, 0.25) is 0 Å². The number of nitrogens with zero attached hydrogens (tertiary/aromatic N) is 4. The molecule has 7 heteroatoms. The number of hydrogen-bond acceptors (Lipinski definition) is 4. The van der Waals surface area contributed by atoms with E-state index < -0.39 is 11.6 Å². The Labute approximate surface area is 129 Å². The van der Waals surface area contributed by atoms with Crippen LogP contribution < -0.4 is 0 Å². The van der Waals surface area contributed by atoms with E-state index in [2.05, 4.69) is 15.4 Å². The molecule has 0 radical (unpaired) electrons. The second-order valence-electron chi connectivity index (χ2n) is 5.57. The smallest absolute Gasteiger partial charge is 0.160 e. The molecule has 1 aliphatic rings. The van der Waals surface area contributed by atoms with Crippen molar-refractivity contribution in [2.45, 2.75) is 18.9 Å². The summed E-state index contributed by atoms with van der Waals surface area (Å²) in [7, 11) is 0. The molecule has 0 saturated heterocycles. The monoisotopic (exact) mass is 314 g/mol. The van der Waals surface area contributed by atoms with E-state index in [1.807, 2.05) is 10.6 Å². The summed E-state index contributed by atoms with van der Waals surface area (Å²) in [5.41, 5.74) is 2.62. The van der Waals surface area contributed by atoms with Gasteiger partial charge in [-0.05, 0) is 31.0 Å². The Bertz CT molecular complexity index is 931. The van der Waals surface area contributed by atoms with Crippen LogP contribution in [0.1, 0.15) is 24.6 Å². The molecule has 0 atom stereocenters. The second-order valence-corrected chi connectivity index (χ2v) is 5.57. The van der Waals surface area contributed by atoms with Crippen molar-refractivity contribution in [3.8, 4) is 11.3 Å². The van der Waals surface area contributed by atoms with Crippen molar-refractivity contribution in [2.75, 3.05) is 0 Å². The zero-order chi connectivity index (χ0) is 16.0. The maximum Gasteiger partial charge on any atom is 0.160 e. The van der Waals surface area contributed by atoms with Crippen molar-refractivity contribution >= 4 is 17.1 Å². The Morgan fingerprint density at radius 2 is 1.96 bits per heavy atom. The van der Waals surface area contributed by atoms with Gasteiger partial charge in [0.05, 0.1) is 23.6 Å². The van der Waals surface area contributed by atoms with Gasteiger partial charge in [0.25, 0.3) is 0 Å². The molecular weight excluding hydrogens is 302 g/mol. The van der Waals surface area contributed by atoms with Gasteiger partial charge in [0, 0.05) is 23.1 Å². The molecular formula is C16H12F2N4O. The molecule has 5 nitrogen and oxygen atoms in total. The molecule has 0 spiro atoms. The number of benzene rings is 1. The zero-order valence-electron chi connectivity index (χ0n) is 11.9. The minimum atomic E-state index is -0.863. The largest absolute Gasteiger partial charge is 0.411 e. The van der Waals surface area contributed by atoms with Gasteiger partial charge in [-0.1, -0.05) is 5.16 Å². The molecule has 0 amide bonds. The molecule has 1 fully saturated rings. The third-order valence-corrected chi connectivity index (χ3v) is 3.95. The first-order valence-corrected chi connectivity index (χ1v) is 7.18. The average Bonchev–Trinajstić information content (AvgIpc) is 3.31. The van der Waals surface area contributed by atoms with Crippen LogP contribution in [-0.4, -0.2) is 26.2 Å². The van der Waals surface area contributed by atoms with Crippen molar-refractivity contribution in [3.05, 3.63) is 47.8 Å². The van der Waals surface area contributed by atoms with Crippen molar-refractivity contribution in [1.82, 2.24) is 14.8 Å². The molecule has 2 heterocycles. The van der Waals surface area contributed by atoms with Crippen LogP contribution >= 0.6 is 0 Å². The van der Waals surface area contributed by atoms with Crippen molar-refractivity contribution in [3.63, 3.8) is 0 Å². The summed E-state index contributed by atoms with van der Waals surface area (Å²) in [6.45, 7) is 0. The Morgan fingerprint density at radius 1 is 1.17 bits per heavy atom. The summed E-state index contributed by atoms with van der Waals surface area (Å²) in [4.78, 5) is 0. The fourth-order valence-corrected chi connectivity index (χ4v) is 2.82. The maximum atomic E-state index is 13.6. The average molecular weight is 314 g/mol. The van der Waals surface area contributed by atoms with Gasteiger partial charge in [0.1, 0.15) is 5.69 Å². The normalized spacial score (nSPS) is 14.9. The second kappa shape index (κ2) is 5.12. The van der Waals surface area contributed by atoms with Gasteiger partial charge in [0.15, 0.2) is 11.6 Å². The molecule has 2 aromatic heterocycles. The number of fused-ring (bicyclic) bond motifs is 1. The van der Waals surface area contributed by atoms with Gasteiger partial charge in [-0.2, -0.15) is 5.10 Å². The lowest BCUT2D eigenvalue weighted by Crippen LogP contribution is -1.99. The van der Waals surface area contributed by atoms with Gasteiger partial charge in [-0.15, -0.1) is 5.10 Å². The number of halogens is 2. The first kappa shape index (κ1) is 13.8. The van der Waals surface area contributed by atoms with Crippen LogP contribution in [0.2, 0.25) is 0 Å². The standard InChI is InChI=1S/C16H12F2N4O/c17-13-4-9-5-15(10-3-11(8-20-23)21-19-7-10)22(12-1-2-12)16(9)6-14(13)18/h3-8,12,23H,1-2H2/b20-8+. The van der Waals surface area contributed by atoms with Gasteiger partial charge in [-0.25, -0.2) is 8.78 Å². The summed E-state index contributed by atoms with van der Waals surface area (Å²) in [5, 5.41) is 19.9. The summed E-state index contributed by atoms with van der Waals surface area (Å²) < 4.78 is 29.2. The third kappa shape index (κ3) is 2.34. The van der Waals surface area contributed by atoms with E-state index in [9.17, 15) is 8.78 Å². The molecule has 1 aromatic carbocycles. The minimum Gasteiger partial charge on any atom is -0.411 e. The summed E-state index contributed by atoms with van der Waals surface area (Å²) >= 11 is 0. The first-order valence-electron chi connectivity index (χ1n) is 7.18. The van der Waals surface area contributed by atoms with Gasteiger partial charge < -0.3 is 9.77 Å². The van der Waals surface area contributed by atoms with Crippen LogP contribution in [0.3, 0.4) is 0 Å². The van der Waals surface area contributed by atoms with Crippen LogP contribution in [0.25, 0.3) is 22.2 Å². The SMILES string of the molecule is O/N=C/c1cc(-c2cc3cc(F)c(F)cc3n2C2CC2)cnn1. The number of rotatable bonds is 3. The quantitative estimate of drug-likeness (QED) is 0.457. The lowest BCUT2D eigenvalue weighted by Gasteiger charge is -2.09. The predicted molar refractivity (Wildman–Crippen MR) is 80.5 cm³/mol. The number of hydrogen-bond donors (Lipinski definition) is 1. The third-order valence-electron chi connectivity index (χ3n) is 3.95. The van der Waals surface area contributed by atoms with E-state index in [1.165, 1.54) is 18.3 Å². The summed E-state index contributed by atoms with van der Waals surface area (Å²) in [6, 6.07) is 6.24. The van der Waals surface area contributed by atoms with E-state index in [-0.39, 0.29) is 6.04 Å². The molecule has 0 bridgehead atoms. The lowest BCUT2D eigenvalue weighted by molar-refractivity contribution is 0.321. The van der Waals surface area contributed by atoms with Crippen LogP contribution in [0.4, 0.5) is 8.78 Å². The lowest BCUT2D eigenvalue weighted by atomic mass is 10.2. The molecule has 23 heavy (non-hydrogen) atoms. The molecule has 116 valence electrons. The van der Waals surface area contributed by atoms with Gasteiger partial charge >= 0.3 is 0 Å². The molecule has 1 saturated carbocycles. The van der Waals surface area contributed by atoms with E-state index in [4.69, 9.17) is 5.21 Å². The topological polar surface area (TPSA) is 63.3 Å². The van der Waals surface area contributed by atoms with Crippen molar-refractivity contribution in [1.29, 1.82) is 0 Å². The first-order chi connectivity index (χ1) is 11.2. The highest BCUT2D eigenvalue weighted by Crippen LogP contribution is 2.42. The van der Waals surface area contributed by atoms with Crippen LogP contribution in [0.15, 0.2) is 35.6 Å². The molecule has 1 N–H and O–H groups in total. The molecule has 4 rings (SSSR count). The van der Waals surface area contributed by atoms with Crippen molar-refractivity contribution in [2.24, 2.45) is 5.16 Å². The predicted octanol–water partition coefficient (Wildman–Crippen LogP) is 3.52. The molecule has 0 unspecified atom stereocenters. The highest BCUT2D eigenvalue weighted by Gasteiger charge is 2.28. The Hall–Kier alpha value is -2.83. The number of oxime groups is 1. The summed E-state index contributed by atoms with van der Waals surface area (Å²) in [5.74, 6) is -1.72. The highest BCUT2D eigenvalue weighted by atomic mass is 19.2. The number of aromatic nitrogens is 3. The molecule has 1 aliphatic carbocycles. The van der Waals surface area contributed by atoms with E-state index in [0.717, 1.165) is 24.1 Å². The Balaban J connectivity index is 1.96. The van der Waals surface area contributed by atoms with Crippen LogP contribution in [0, 0.1) is 11.6 Å². The minimum absolute atomic E-state index is 0.274. The fraction of sp³-hybridized carbons (Fsp3) is 0.188. The summed E-state index contributed by atoms with van der Waals surface area (Å²) in [6.07, 6.45) is 4.76. The van der Waals surface area contributed by atoms with Gasteiger partial charge in [-0.3, -0.25) is 0 Å². The fourth-order valence-electron chi connectivity index (χ4n) is 2.82. The van der Waals surface area contributed by atoms with Crippen molar-refractivity contribution < 1.29 is 14.0 Å². The van der Waals surface area contributed by atoms with E-state index >= 15 is 0 Å². The van der Waals surface area contributed by atoms with E-state index in [1.54, 1.807) is 12.3 Å². The van der Waals surface area contributed by atoms with E-state index in [0.29, 0.717) is 16.6 Å². The van der Waals surface area contributed by atoms with Crippen LogP contribution in [-0.2, 0) is 0 Å². The zero-order valence-corrected chi connectivity index (χ0v) is 11.9. The molecule has 3 aromatic rings. The maximum absolute atomic E-state index is 13.6.